The lowest BCUT2D eigenvalue weighted by molar-refractivity contribution is 0.0996. The van der Waals surface area contributed by atoms with Crippen molar-refractivity contribution in [3.8, 4) is 5.75 Å². The Kier molecular flexibility index (Phi) is 4.22. The molecule has 0 bridgehead atoms. The Labute approximate surface area is 141 Å². The van der Waals surface area contributed by atoms with E-state index in [0.29, 0.717) is 16.7 Å². The fourth-order valence-corrected chi connectivity index (χ4v) is 2.44. The van der Waals surface area contributed by atoms with E-state index in [1.165, 1.54) is 19.2 Å². The quantitative estimate of drug-likeness (QED) is 0.787. The predicted octanol–water partition coefficient (Wildman–Crippen LogP) is 3.57. The maximum Gasteiger partial charge on any atom is 0.254 e. The van der Waals surface area contributed by atoms with Crippen LogP contribution in [-0.4, -0.2) is 13.0 Å². The first kappa shape index (κ1) is 16.0. The van der Waals surface area contributed by atoms with E-state index in [1.807, 2.05) is 0 Å². The summed E-state index contributed by atoms with van der Waals surface area (Å²) in [7, 11) is 1.50. The van der Waals surface area contributed by atoms with Crippen molar-refractivity contribution >= 4 is 34.2 Å². The monoisotopic (exact) mass is 346 g/mol. The van der Waals surface area contributed by atoms with E-state index in [-0.39, 0.29) is 21.8 Å². The number of nitrogens with zero attached hydrogens (tertiary/aromatic N) is 1. The average Bonchev–Trinajstić information content (AvgIpc) is 2.56. The Balaban J connectivity index is 2.34. The first-order valence-electron chi connectivity index (χ1n) is 6.90. The number of ether oxygens (including phenoxy) is 1. The molecular formula is C17H12ClFN2O3. The zero-order valence-corrected chi connectivity index (χ0v) is 13.3. The molecule has 2 N–H and O–H groups in total. The van der Waals surface area contributed by atoms with E-state index < -0.39 is 11.7 Å². The lowest BCUT2D eigenvalue weighted by Crippen LogP contribution is -2.21. The molecule has 0 saturated heterocycles. The third-order valence-corrected chi connectivity index (χ3v) is 3.66. The Morgan fingerprint density at radius 2 is 2.08 bits per heavy atom. The number of benzene rings is 2. The minimum absolute atomic E-state index is 0.0343. The summed E-state index contributed by atoms with van der Waals surface area (Å²) in [5.74, 6) is -0.725. The van der Waals surface area contributed by atoms with Crippen LogP contribution >= 0.6 is 11.6 Å². The topological polar surface area (TPSA) is 77.8 Å². The third-order valence-electron chi connectivity index (χ3n) is 3.36. The van der Waals surface area contributed by atoms with E-state index in [2.05, 4.69) is 4.99 Å². The van der Waals surface area contributed by atoms with Gasteiger partial charge in [0, 0.05) is 5.39 Å². The van der Waals surface area contributed by atoms with E-state index in [1.54, 1.807) is 24.3 Å². The number of methoxy groups -OCH3 is 1. The molecule has 0 atom stereocenters. The Bertz CT molecular complexity index is 1010. The number of rotatable bonds is 3. The lowest BCUT2D eigenvalue weighted by Gasteiger charge is -2.06. The van der Waals surface area contributed by atoms with Gasteiger partial charge in [-0.2, -0.15) is 0 Å². The zero-order valence-electron chi connectivity index (χ0n) is 12.5. The molecule has 2 aromatic carbocycles. The van der Waals surface area contributed by atoms with Gasteiger partial charge in [0.2, 0.25) is 5.55 Å². The van der Waals surface area contributed by atoms with Gasteiger partial charge in [0.05, 0.1) is 17.8 Å². The molecule has 1 heterocycles. The standard InChI is InChI=1S/C17H12ClFN2O3/c1-23-14-4-2-3-9-7-11(16(20)22)17(24-15(9)14)21-13-6-5-10(19)8-12(13)18/h2-8H,1H3,(H2,20,22). The molecule has 0 aliphatic carbocycles. The number of fused-ring (bicyclic) bond motifs is 1. The highest BCUT2D eigenvalue weighted by Gasteiger charge is 2.12. The maximum absolute atomic E-state index is 13.2. The smallest absolute Gasteiger partial charge is 0.254 e. The van der Waals surface area contributed by atoms with Crippen LogP contribution in [0.2, 0.25) is 5.02 Å². The number of hydrogen-bond acceptors (Lipinski definition) is 4. The van der Waals surface area contributed by atoms with Gasteiger partial charge in [-0.15, -0.1) is 0 Å². The second-order valence-corrected chi connectivity index (χ2v) is 5.32. The highest BCUT2D eigenvalue weighted by Crippen LogP contribution is 2.27. The average molecular weight is 347 g/mol. The van der Waals surface area contributed by atoms with Crippen LogP contribution in [0.1, 0.15) is 10.4 Å². The molecule has 0 aliphatic heterocycles. The van der Waals surface area contributed by atoms with Gasteiger partial charge in [-0.25, -0.2) is 9.38 Å². The van der Waals surface area contributed by atoms with Gasteiger partial charge in [-0.05, 0) is 30.3 Å². The Morgan fingerprint density at radius 1 is 1.29 bits per heavy atom. The van der Waals surface area contributed by atoms with Crippen molar-refractivity contribution in [2.45, 2.75) is 0 Å². The highest BCUT2D eigenvalue weighted by atomic mass is 35.5. The fraction of sp³-hybridized carbons (Fsp3) is 0.0588. The van der Waals surface area contributed by atoms with Crippen molar-refractivity contribution in [1.82, 2.24) is 0 Å². The molecule has 0 saturated carbocycles. The van der Waals surface area contributed by atoms with E-state index in [4.69, 9.17) is 26.5 Å². The van der Waals surface area contributed by atoms with Gasteiger partial charge in [-0.1, -0.05) is 23.7 Å². The van der Waals surface area contributed by atoms with Crippen LogP contribution in [0.25, 0.3) is 11.0 Å². The minimum atomic E-state index is -0.708. The van der Waals surface area contributed by atoms with Crippen LogP contribution in [0, 0.1) is 5.82 Å². The van der Waals surface area contributed by atoms with E-state index >= 15 is 0 Å². The Morgan fingerprint density at radius 3 is 2.75 bits per heavy atom. The number of halogens is 2. The molecule has 3 rings (SSSR count). The number of primary amides is 1. The van der Waals surface area contributed by atoms with Crippen molar-refractivity contribution in [1.29, 1.82) is 0 Å². The first-order chi connectivity index (χ1) is 11.5. The summed E-state index contributed by atoms with van der Waals surface area (Å²) in [6, 6.07) is 10.5. The number of para-hydroxylation sites is 1. The summed E-state index contributed by atoms with van der Waals surface area (Å²) >= 11 is 5.97. The number of hydrogen-bond donors (Lipinski definition) is 1. The van der Waals surface area contributed by atoms with Gasteiger partial charge >= 0.3 is 0 Å². The van der Waals surface area contributed by atoms with Gasteiger partial charge in [0.25, 0.3) is 5.91 Å². The summed E-state index contributed by atoms with van der Waals surface area (Å²) in [4.78, 5) is 15.9. The van der Waals surface area contributed by atoms with Crippen molar-refractivity contribution < 1.29 is 18.3 Å². The van der Waals surface area contributed by atoms with Crippen molar-refractivity contribution in [3.63, 3.8) is 0 Å². The van der Waals surface area contributed by atoms with Crippen LogP contribution in [-0.2, 0) is 0 Å². The molecule has 0 spiro atoms. The van der Waals surface area contributed by atoms with E-state index in [9.17, 15) is 9.18 Å². The molecule has 5 nitrogen and oxygen atoms in total. The molecule has 1 amide bonds. The third kappa shape index (κ3) is 2.96. The second kappa shape index (κ2) is 6.33. The largest absolute Gasteiger partial charge is 0.493 e. The molecule has 0 aliphatic rings. The molecule has 24 heavy (non-hydrogen) atoms. The summed E-state index contributed by atoms with van der Waals surface area (Å²) < 4.78 is 24.1. The second-order valence-electron chi connectivity index (χ2n) is 4.92. The Hall–Kier alpha value is -2.86. The maximum atomic E-state index is 13.2. The van der Waals surface area contributed by atoms with Gasteiger partial charge in [0.15, 0.2) is 11.3 Å². The van der Waals surface area contributed by atoms with Gasteiger partial charge < -0.3 is 14.9 Å². The molecule has 0 fully saturated rings. The van der Waals surface area contributed by atoms with Crippen LogP contribution in [0.4, 0.5) is 10.1 Å². The van der Waals surface area contributed by atoms with Crippen molar-refractivity contribution in [2.24, 2.45) is 10.7 Å². The minimum Gasteiger partial charge on any atom is -0.493 e. The molecule has 122 valence electrons. The number of amides is 1. The number of carbonyl (C=O) groups excluding carboxylic acids is 1. The number of nitrogens with two attached hydrogens (primary N) is 1. The molecule has 0 radical (unpaired) electrons. The number of carbonyl (C=O) groups is 1. The van der Waals surface area contributed by atoms with Crippen molar-refractivity contribution in [3.05, 3.63) is 64.4 Å². The molecule has 0 unspecified atom stereocenters. The van der Waals surface area contributed by atoms with Crippen LogP contribution < -0.4 is 16.0 Å². The summed E-state index contributed by atoms with van der Waals surface area (Å²) in [6.45, 7) is 0. The highest BCUT2D eigenvalue weighted by molar-refractivity contribution is 6.32. The molecule has 1 aromatic heterocycles. The van der Waals surface area contributed by atoms with E-state index in [0.717, 1.165) is 6.07 Å². The van der Waals surface area contributed by atoms with Crippen molar-refractivity contribution in [2.75, 3.05) is 7.11 Å². The first-order valence-corrected chi connectivity index (χ1v) is 7.28. The van der Waals surface area contributed by atoms with Gasteiger partial charge in [-0.3, -0.25) is 4.79 Å². The fourth-order valence-electron chi connectivity index (χ4n) is 2.23. The van der Waals surface area contributed by atoms with Crippen LogP contribution in [0.3, 0.4) is 0 Å². The summed E-state index contributed by atoms with van der Waals surface area (Å²) in [6.07, 6.45) is 0. The normalized spacial score (nSPS) is 11.7. The molecular weight excluding hydrogens is 335 g/mol. The zero-order chi connectivity index (χ0) is 17.3. The lowest BCUT2D eigenvalue weighted by atomic mass is 10.1. The molecule has 3 aromatic rings. The summed E-state index contributed by atoms with van der Waals surface area (Å²) in [5.41, 5.74) is 6.11. The summed E-state index contributed by atoms with van der Waals surface area (Å²) in [5, 5.41) is 0.716. The van der Waals surface area contributed by atoms with Crippen LogP contribution in [0.15, 0.2) is 51.9 Å². The SMILES string of the molecule is COc1cccc2cc(C(N)=O)c(=Nc3ccc(F)cc3Cl)oc12. The van der Waals surface area contributed by atoms with Gasteiger partial charge in [0.1, 0.15) is 11.4 Å². The molecule has 7 heteroatoms. The van der Waals surface area contributed by atoms with Crippen LogP contribution in [0.5, 0.6) is 5.75 Å². The predicted molar refractivity (Wildman–Crippen MR) is 87.9 cm³/mol.